The second-order valence-electron chi connectivity index (χ2n) is 8.08. The number of benzene rings is 3. The van der Waals surface area contributed by atoms with E-state index in [1.54, 1.807) is 19.1 Å². The monoisotopic (exact) mass is 488 g/mol. The number of amides is 1. The lowest BCUT2D eigenvalue weighted by molar-refractivity contribution is -0.113. The van der Waals surface area contributed by atoms with Crippen molar-refractivity contribution in [3.8, 4) is 11.5 Å². The lowest BCUT2D eigenvalue weighted by atomic mass is 10.1. The molecule has 0 bridgehead atoms. The van der Waals surface area contributed by atoms with E-state index in [4.69, 9.17) is 21.1 Å². The smallest absolute Gasteiger partial charge is 0.262 e. The molecule has 0 saturated heterocycles. The minimum Gasteiger partial charge on any atom is -0.493 e. The van der Waals surface area contributed by atoms with Crippen molar-refractivity contribution in [2.75, 3.05) is 37.1 Å². The van der Waals surface area contributed by atoms with Crippen molar-refractivity contribution >= 4 is 40.7 Å². The molecule has 1 heterocycles. The molecule has 4 rings (SSSR count). The molecule has 1 aliphatic heterocycles. The Morgan fingerprint density at radius 2 is 1.54 bits per heavy atom. The highest BCUT2D eigenvalue weighted by atomic mass is 35.5. The number of carbonyl (C=O) groups is 1. The maximum absolute atomic E-state index is 13.7. The summed E-state index contributed by atoms with van der Waals surface area (Å²) >= 11 is 6.13. The molecule has 35 heavy (non-hydrogen) atoms. The first-order valence-electron chi connectivity index (χ1n) is 11.6. The highest BCUT2D eigenvalue weighted by molar-refractivity contribution is 6.30. The fourth-order valence-corrected chi connectivity index (χ4v) is 4.35. The number of halogens is 1. The molecule has 5 nitrogen and oxygen atoms in total. The van der Waals surface area contributed by atoms with Crippen molar-refractivity contribution in [3.63, 3.8) is 0 Å². The Morgan fingerprint density at radius 3 is 2.14 bits per heavy atom. The van der Waals surface area contributed by atoms with Gasteiger partial charge in [-0.25, -0.2) is 0 Å². The first-order chi connectivity index (χ1) is 17.0. The number of nitrogens with zero attached hydrogens (tertiary/aromatic N) is 2. The maximum atomic E-state index is 13.7. The Bertz CT molecular complexity index is 1260. The summed E-state index contributed by atoms with van der Waals surface area (Å²) in [5.74, 6) is 1.15. The first kappa shape index (κ1) is 24.4. The topological polar surface area (TPSA) is 42.0 Å². The Hall–Kier alpha value is -3.70. The second kappa shape index (κ2) is 10.7. The Morgan fingerprint density at radius 1 is 0.886 bits per heavy atom. The summed E-state index contributed by atoms with van der Waals surface area (Å²) in [5, 5.41) is 0.648. The first-order valence-corrected chi connectivity index (χ1v) is 12.0. The zero-order valence-corrected chi connectivity index (χ0v) is 21.2. The third kappa shape index (κ3) is 5.05. The molecule has 3 aromatic carbocycles. The van der Waals surface area contributed by atoms with E-state index < -0.39 is 0 Å². The van der Waals surface area contributed by atoms with Crippen LogP contribution >= 0.6 is 11.6 Å². The summed E-state index contributed by atoms with van der Waals surface area (Å²) < 4.78 is 10.8. The van der Waals surface area contributed by atoms with Gasteiger partial charge in [-0.2, -0.15) is 0 Å². The number of anilines is 2. The van der Waals surface area contributed by atoms with Crippen LogP contribution in [0.4, 0.5) is 11.4 Å². The maximum Gasteiger partial charge on any atom is 0.262 e. The van der Waals surface area contributed by atoms with Gasteiger partial charge < -0.3 is 14.4 Å². The van der Waals surface area contributed by atoms with E-state index in [-0.39, 0.29) is 5.91 Å². The van der Waals surface area contributed by atoms with E-state index in [9.17, 15) is 4.79 Å². The summed E-state index contributed by atoms with van der Waals surface area (Å²) in [6.07, 6.45) is 3.78. The van der Waals surface area contributed by atoms with Gasteiger partial charge in [-0.1, -0.05) is 29.8 Å². The van der Waals surface area contributed by atoms with Crippen molar-refractivity contribution in [3.05, 3.63) is 94.5 Å². The van der Waals surface area contributed by atoms with Crippen LogP contribution in [0.2, 0.25) is 5.02 Å². The Labute approximate surface area is 211 Å². The van der Waals surface area contributed by atoms with Gasteiger partial charge >= 0.3 is 0 Å². The normalized spacial score (nSPS) is 14.3. The number of methoxy groups -OCH3 is 2. The van der Waals surface area contributed by atoms with E-state index in [0.717, 1.165) is 41.3 Å². The van der Waals surface area contributed by atoms with Gasteiger partial charge in [-0.15, -0.1) is 0 Å². The van der Waals surface area contributed by atoms with Gasteiger partial charge in [0.05, 0.1) is 19.9 Å². The average molecular weight is 489 g/mol. The highest BCUT2D eigenvalue weighted by Crippen LogP contribution is 2.37. The van der Waals surface area contributed by atoms with Gasteiger partial charge in [0.15, 0.2) is 11.5 Å². The third-order valence-electron chi connectivity index (χ3n) is 6.09. The molecule has 0 saturated carbocycles. The lowest BCUT2D eigenvalue weighted by Gasteiger charge is -2.24. The second-order valence-corrected chi connectivity index (χ2v) is 8.52. The standard InChI is InChI=1S/C29H29ClN2O3/c1-5-31(6-2)24-12-14-25(15-13-24)32-26(21-8-10-23(30)11-9-21)19-22(29(32)33)17-20-7-16-27(34-3)28(18-20)35-4/h7-19H,5-6H2,1-4H3/b22-17+. The Balaban J connectivity index is 1.76. The number of ether oxygens (including phenoxy) is 2. The predicted molar refractivity (Wildman–Crippen MR) is 144 cm³/mol. The van der Waals surface area contributed by atoms with E-state index in [1.165, 1.54) is 0 Å². The molecule has 0 spiro atoms. The summed E-state index contributed by atoms with van der Waals surface area (Å²) in [4.78, 5) is 17.7. The molecular formula is C29H29ClN2O3. The van der Waals surface area contributed by atoms with Crippen molar-refractivity contribution in [1.29, 1.82) is 0 Å². The van der Waals surface area contributed by atoms with Crippen LogP contribution in [0.25, 0.3) is 11.8 Å². The summed E-state index contributed by atoms with van der Waals surface area (Å²) in [7, 11) is 3.19. The van der Waals surface area contributed by atoms with E-state index >= 15 is 0 Å². The van der Waals surface area contributed by atoms with Crippen molar-refractivity contribution < 1.29 is 14.3 Å². The molecule has 0 N–H and O–H groups in total. The van der Waals surface area contributed by atoms with Crippen molar-refractivity contribution in [2.45, 2.75) is 13.8 Å². The molecule has 180 valence electrons. The molecule has 0 atom stereocenters. The van der Waals surface area contributed by atoms with Crippen molar-refractivity contribution in [1.82, 2.24) is 0 Å². The van der Waals surface area contributed by atoms with Crippen LogP contribution in [0.15, 0.2) is 78.4 Å². The van der Waals surface area contributed by atoms with Crippen LogP contribution in [0, 0.1) is 0 Å². The molecule has 0 unspecified atom stereocenters. The van der Waals surface area contributed by atoms with Gasteiger partial charge in [0.2, 0.25) is 0 Å². The lowest BCUT2D eigenvalue weighted by Crippen LogP contribution is -2.25. The van der Waals surface area contributed by atoms with Crippen LogP contribution in [0.5, 0.6) is 11.5 Å². The SMILES string of the molecule is CCN(CC)c1ccc(N2C(=O)/C(=C/c3ccc(OC)c(OC)c3)C=C2c2ccc(Cl)cc2)cc1. The van der Waals surface area contributed by atoms with Gasteiger partial charge in [0.1, 0.15) is 0 Å². The van der Waals surface area contributed by atoms with Gasteiger partial charge in [0.25, 0.3) is 5.91 Å². The molecule has 1 amide bonds. The van der Waals surface area contributed by atoms with Crippen LogP contribution in [0.1, 0.15) is 25.0 Å². The van der Waals surface area contributed by atoms with Crippen LogP contribution in [-0.4, -0.2) is 33.2 Å². The van der Waals surface area contributed by atoms with Gasteiger partial charge in [0, 0.05) is 35.1 Å². The molecule has 0 aromatic heterocycles. The number of carbonyl (C=O) groups excluding carboxylic acids is 1. The predicted octanol–water partition coefficient (Wildman–Crippen LogP) is 6.67. The highest BCUT2D eigenvalue weighted by Gasteiger charge is 2.30. The van der Waals surface area contributed by atoms with Gasteiger partial charge in [-0.05, 0) is 85.7 Å². The molecule has 6 heteroatoms. The van der Waals surface area contributed by atoms with E-state index in [1.807, 2.05) is 66.7 Å². The zero-order chi connectivity index (χ0) is 24.9. The van der Waals surface area contributed by atoms with E-state index in [0.29, 0.717) is 22.1 Å². The van der Waals surface area contributed by atoms with Crippen LogP contribution in [-0.2, 0) is 4.79 Å². The molecule has 0 radical (unpaired) electrons. The molecule has 0 aliphatic carbocycles. The average Bonchev–Trinajstić information content (AvgIpc) is 3.21. The van der Waals surface area contributed by atoms with Crippen LogP contribution in [0.3, 0.4) is 0 Å². The largest absolute Gasteiger partial charge is 0.493 e. The molecular weight excluding hydrogens is 460 g/mol. The summed E-state index contributed by atoms with van der Waals surface area (Å²) in [6, 6.07) is 21.2. The zero-order valence-electron chi connectivity index (χ0n) is 20.4. The minimum atomic E-state index is -0.0969. The van der Waals surface area contributed by atoms with E-state index in [2.05, 4.69) is 30.9 Å². The molecule has 0 fully saturated rings. The fourth-order valence-electron chi connectivity index (χ4n) is 4.23. The van der Waals surface area contributed by atoms with Crippen LogP contribution < -0.4 is 19.3 Å². The number of hydrogen-bond donors (Lipinski definition) is 0. The third-order valence-corrected chi connectivity index (χ3v) is 6.34. The molecule has 3 aromatic rings. The quantitative estimate of drug-likeness (QED) is 0.332. The van der Waals surface area contributed by atoms with Crippen molar-refractivity contribution in [2.24, 2.45) is 0 Å². The molecule has 1 aliphatic rings. The minimum absolute atomic E-state index is 0.0969. The number of rotatable bonds is 8. The summed E-state index contributed by atoms with van der Waals surface area (Å²) in [5.41, 5.74) is 5.07. The van der Waals surface area contributed by atoms with Gasteiger partial charge in [-0.3, -0.25) is 9.69 Å². The Kier molecular flexibility index (Phi) is 7.47. The fraction of sp³-hybridized carbons (Fsp3) is 0.207. The number of hydrogen-bond acceptors (Lipinski definition) is 4. The summed E-state index contributed by atoms with van der Waals surface area (Å²) in [6.45, 7) is 6.11.